The molecular formula is C82H102B2N22O25. The number of carboxylic acids is 1. The summed E-state index contributed by atoms with van der Waals surface area (Å²) in [6.45, 7) is 16.5. The van der Waals surface area contributed by atoms with Crippen LogP contribution in [0.25, 0.3) is 0 Å². The number of nitro groups is 2. The summed E-state index contributed by atoms with van der Waals surface area (Å²) in [5.74, 6) is -5.76. The molecule has 131 heavy (non-hydrogen) atoms. The van der Waals surface area contributed by atoms with E-state index in [9.17, 15) is 78.0 Å². The molecule has 0 aliphatic rings. The molecule has 4 aromatic carbocycles. The summed E-state index contributed by atoms with van der Waals surface area (Å²) in [5, 5.41) is 86.7. The number of H-pyrrole nitrogens is 2. The van der Waals surface area contributed by atoms with Gasteiger partial charge in [0.05, 0.1) is 106 Å². The molecule has 0 bridgehead atoms. The number of aromatic nitrogens is 12. The largest absolute Gasteiger partial charge is 0.497 e. The molecule has 0 saturated heterocycles. The Morgan fingerprint density at radius 1 is 0.443 bits per heavy atom. The number of nitrogens with two attached hydrogens (primary N) is 1. The van der Waals surface area contributed by atoms with Crippen LogP contribution in [-0.4, -0.2) is 241 Å². The van der Waals surface area contributed by atoms with Gasteiger partial charge in [-0.25, -0.2) is 24.0 Å². The number of anilines is 4. The number of ether oxygens (including phenoxy) is 8. The van der Waals surface area contributed by atoms with Crippen molar-refractivity contribution in [3.63, 3.8) is 0 Å². The number of carboxylic acid groups (broad SMARTS) is 1. The van der Waals surface area contributed by atoms with Crippen molar-refractivity contribution < 1.29 is 111 Å². The molecule has 3 unspecified atom stereocenters. The topological polar surface area (TPSA) is 627 Å². The van der Waals surface area contributed by atoms with E-state index in [1.807, 2.05) is 74.5 Å². The molecule has 4 atom stereocenters. The predicted octanol–water partition coefficient (Wildman–Crippen LogP) is 6.17. The molecule has 2 radical (unpaired) electrons. The Morgan fingerprint density at radius 3 is 1.13 bits per heavy atom. The number of hydrogen-bond acceptors (Lipinski definition) is 32. The smallest absolute Gasteiger partial charge is 0.390 e. The lowest BCUT2D eigenvalue weighted by Crippen LogP contribution is -2.50. The van der Waals surface area contributed by atoms with Gasteiger partial charge >= 0.3 is 48.5 Å². The number of aromatic amines is 2. The first-order valence-electron chi connectivity index (χ1n) is 39.7. The lowest BCUT2D eigenvalue weighted by molar-refractivity contribution is -0.389. The number of rotatable bonds is 36. The van der Waals surface area contributed by atoms with Gasteiger partial charge < -0.3 is 111 Å². The molecule has 6 aromatic heterocycles. The highest BCUT2D eigenvalue weighted by molar-refractivity contribution is 6.57. The quantitative estimate of drug-likeness (QED) is 0.00686. The van der Waals surface area contributed by atoms with Crippen molar-refractivity contribution in [1.29, 1.82) is 0 Å². The number of carbonyl (C=O) groups excluding carboxylic acids is 10. The van der Waals surface area contributed by atoms with E-state index in [4.69, 9.17) is 47.1 Å². The minimum absolute atomic E-state index is 0.0433. The van der Waals surface area contributed by atoms with E-state index in [1.54, 1.807) is 106 Å². The van der Waals surface area contributed by atoms with Gasteiger partial charge in [-0.3, -0.25) is 47.9 Å². The molecule has 0 fully saturated rings. The standard InChI is InChI=1S/C30H33N7O8.C19H27BN4O5.C14H17N7O6.C13H15N3O3.C6H10BNO3/c1-18(2)27(32-28(38)23-15-26(37(41)42)34-35(23)16-19-6-10-21(43-3)11-7-19)29(39)31-25-14-24(30(40)45-5)36(33-25)17-20-8-12-22(44-4)13-9-20;1-12(2)17(22-20(3)27)18(25)21-16-10-15(19(26)29-5)24(23-16)11-13-6-8-14(28-4)9-7-13;1-6(2)11(16-12(22)7-5-10(20-17-7)21(25)26)13(23)15-9-4-8(18-19-9)14(24)27-3;1-18-10-5-3-9(4-6-10)8-16-11(13(17)19-2)7-12(14)15-16;1-3(2)4(5(9)10)8-6(7)11/h6-15,18,27H,16-17H2,1-5H3,(H,32,38)(H,31,33,39);6-10,12,17,22,27H,11H2,1-5H3,(H,21,23,25);4-6,11H,1-3H3,(H,16,22)(H,17,20)(H2,15,18,19,23);3-7H,8H2,1-2H3,(H2,14,15);3-4H,1-2H3,(H,8,11)(H,9,10)/t;;;;4-/m....0/s1. The molecule has 696 valence electrons. The summed E-state index contributed by atoms with van der Waals surface area (Å²) in [6, 6.07) is 33.0. The number of esters is 4. The fourth-order valence-electron chi connectivity index (χ4n) is 11.7. The molecule has 6 amide bonds. The van der Waals surface area contributed by atoms with Gasteiger partial charge in [-0.05, 0) is 111 Å². The number of nitrogens with one attached hydrogen (secondary N) is 9. The van der Waals surface area contributed by atoms with Crippen molar-refractivity contribution in [3.8, 4) is 23.0 Å². The van der Waals surface area contributed by atoms with Crippen LogP contribution in [0, 0.1) is 43.9 Å². The molecule has 0 aliphatic carbocycles. The van der Waals surface area contributed by atoms with Crippen molar-refractivity contribution in [1.82, 2.24) is 80.7 Å². The average molecular weight is 1820 g/mol. The molecule has 13 N–H and O–H groups in total. The van der Waals surface area contributed by atoms with E-state index in [2.05, 4.69) is 87.4 Å². The van der Waals surface area contributed by atoms with Crippen LogP contribution < -0.4 is 61.8 Å². The second-order valence-electron chi connectivity index (χ2n) is 29.5. The van der Waals surface area contributed by atoms with Gasteiger partial charge in [0.15, 0.2) is 34.6 Å². The Morgan fingerprint density at radius 2 is 0.802 bits per heavy atom. The maximum atomic E-state index is 13.4. The van der Waals surface area contributed by atoms with Gasteiger partial charge in [-0.2, -0.15) is 25.1 Å². The fraction of sp³-hybridized carbons (Fsp3) is 0.354. The number of hydrogen-bond donors (Lipinski definition) is 12. The van der Waals surface area contributed by atoms with E-state index in [0.717, 1.165) is 40.3 Å². The molecule has 0 saturated carbocycles. The van der Waals surface area contributed by atoms with Gasteiger partial charge in [-0.1, -0.05) is 109 Å². The van der Waals surface area contributed by atoms with E-state index in [1.165, 1.54) is 78.5 Å². The van der Waals surface area contributed by atoms with Crippen molar-refractivity contribution in [3.05, 3.63) is 210 Å². The maximum Gasteiger partial charge on any atom is 0.390 e. The lowest BCUT2D eigenvalue weighted by atomic mass is 9.85. The molecule has 10 rings (SSSR count). The Balaban J connectivity index is 0.000000269. The number of benzene rings is 4. The van der Waals surface area contributed by atoms with E-state index in [-0.39, 0.29) is 88.5 Å². The van der Waals surface area contributed by atoms with Crippen molar-refractivity contribution in [2.75, 3.05) is 78.6 Å². The highest BCUT2D eigenvalue weighted by Gasteiger charge is 2.33. The van der Waals surface area contributed by atoms with Crippen LogP contribution in [0.2, 0.25) is 6.82 Å². The maximum absolute atomic E-state index is 13.4. The molecule has 10 aromatic rings. The lowest BCUT2D eigenvalue weighted by Gasteiger charge is -2.21. The zero-order valence-corrected chi connectivity index (χ0v) is 74.5. The van der Waals surface area contributed by atoms with Crippen LogP contribution in [0.4, 0.5) is 39.7 Å². The molecule has 0 spiro atoms. The fourth-order valence-corrected chi connectivity index (χ4v) is 11.7. The van der Waals surface area contributed by atoms with Gasteiger partial charge in [0.1, 0.15) is 69.7 Å². The summed E-state index contributed by atoms with van der Waals surface area (Å²) < 4.78 is 45.1. The minimum atomic E-state index is -1.07. The number of nitrogen functional groups attached to an aromatic ring is 1. The highest BCUT2D eigenvalue weighted by Crippen LogP contribution is 2.24. The van der Waals surface area contributed by atoms with Gasteiger partial charge in [0.25, 0.3) is 11.8 Å². The van der Waals surface area contributed by atoms with Crippen LogP contribution in [0.1, 0.15) is 141 Å². The van der Waals surface area contributed by atoms with Crippen LogP contribution in [-0.2, 0) is 64.3 Å². The number of methoxy groups -OCH3 is 8. The molecule has 49 heteroatoms. The Hall–Kier alpha value is -15.8. The van der Waals surface area contributed by atoms with Crippen LogP contribution in [0.15, 0.2) is 133 Å². The summed E-state index contributed by atoms with van der Waals surface area (Å²) in [7, 11) is 15.2. The van der Waals surface area contributed by atoms with Crippen molar-refractivity contribution in [2.45, 2.75) is 113 Å². The Labute approximate surface area is 751 Å². The average Bonchev–Trinajstić information content (AvgIpc) is 1.68. The molecule has 6 heterocycles. The first-order valence-corrected chi connectivity index (χ1v) is 39.7. The van der Waals surface area contributed by atoms with Crippen LogP contribution >= 0.6 is 0 Å². The Kier molecular flexibility index (Phi) is 39.6. The summed E-state index contributed by atoms with van der Waals surface area (Å²) in [4.78, 5) is 153. The first kappa shape index (κ1) is 104. The third-order valence-corrected chi connectivity index (χ3v) is 18.5. The zero-order valence-electron chi connectivity index (χ0n) is 74.5. The number of carbonyl (C=O) groups is 11. The number of amides is 6. The zero-order chi connectivity index (χ0) is 97.2. The van der Waals surface area contributed by atoms with Crippen LogP contribution in [0.3, 0.4) is 0 Å². The summed E-state index contributed by atoms with van der Waals surface area (Å²) >= 11 is 0. The monoisotopic (exact) mass is 1820 g/mol. The van der Waals surface area contributed by atoms with Gasteiger partial charge in [0.2, 0.25) is 25.6 Å². The third-order valence-electron chi connectivity index (χ3n) is 18.5. The van der Waals surface area contributed by atoms with Crippen molar-refractivity contribution in [2.24, 2.45) is 23.7 Å². The van der Waals surface area contributed by atoms with E-state index >= 15 is 0 Å². The van der Waals surface area contributed by atoms with E-state index in [0.29, 0.717) is 35.8 Å². The predicted molar refractivity (Wildman–Crippen MR) is 472 cm³/mol. The summed E-state index contributed by atoms with van der Waals surface area (Å²) in [5.41, 5.74) is 9.37. The molecular weight excluding hydrogens is 1710 g/mol. The first-order chi connectivity index (χ1) is 62.1. The highest BCUT2D eigenvalue weighted by atomic mass is 16.6. The Bertz CT molecular complexity index is 5570. The number of nitrogens with zero attached hydrogens (tertiary/aromatic N) is 12. The van der Waals surface area contributed by atoms with Gasteiger partial charge in [-0.15, -0.1) is 5.10 Å². The van der Waals surface area contributed by atoms with Crippen molar-refractivity contribution >= 4 is 115 Å². The van der Waals surface area contributed by atoms with E-state index < -0.39 is 118 Å². The minimum Gasteiger partial charge on any atom is -0.497 e. The van der Waals surface area contributed by atoms with Crippen LogP contribution in [0.5, 0.6) is 23.0 Å². The second-order valence-corrected chi connectivity index (χ2v) is 29.5. The molecule has 0 aliphatic heterocycles. The summed E-state index contributed by atoms with van der Waals surface area (Å²) in [6.07, 6.45) is 0. The SMILES string of the molecule is COC(=O)c1cc(N)nn1Cc1ccc(OC)cc1.COC(=O)c1cc(NC(=O)C(NB(C)O)C(C)C)nn1Cc1ccc(OC)cc1.COC(=O)c1cc(NC(=O)C(NC(=O)c2cc([N+](=O)[O-])[nH]n2)C(C)C)n[nH]1.COC(=O)c1cc(NC(=O)C(NC(=O)c2cc([N+](=O)[O-])nn2Cc2ccc(OC)cc2)C(C)C)nn1Cc1ccc(OC)cc1.[B]C(=O)N[C@H](C(=O)O)C(C)C. The normalized spacial score (nSPS) is 11.5. The second kappa shape index (κ2) is 49.9. The number of aliphatic carboxylic acids is 1. The van der Waals surface area contributed by atoms with Gasteiger partial charge in [0, 0.05) is 24.3 Å². The third kappa shape index (κ3) is 31.3. The molecule has 47 nitrogen and oxygen atoms in total.